The third-order valence-corrected chi connectivity index (χ3v) is 2.76. The summed E-state index contributed by atoms with van der Waals surface area (Å²) >= 11 is 5.85. The molecule has 1 aromatic carbocycles. The maximum Gasteiger partial charge on any atom is 0.283 e. The van der Waals surface area contributed by atoms with Crippen LogP contribution in [-0.2, 0) is 10.3 Å². The highest BCUT2D eigenvalue weighted by atomic mass is 35.5. The molecule has 1 aromatic rings. The van der Waals surface area contributed by atoms with E-state index in [0.717, 1.165) is 12.1 Å². The van der Waals surface area contributed by atoms with Gasteiger partial charge in [0.2, 0.25) is 0 Å². The molecular formula is C10H9ClF2N2O. The van der Waals surface area contributed by atoms with E-state index in [1.54, 1.807) is 6.92 Å². The molecule has 16 heavy (non-hydrogen) atoms. The number of halogens is 3. The normalized spacial score (nSPS) is 24.1. The highest BCUT2D eigenvalue weighted by Gasteiger charge is 2.35. The topological polar surface area (TPSA) is 47.6 Å². The van der Waals surface area contributed by atoms with Crippen molar-refractivity contribution >= 4 is 17.6 Å². The number of aliphatic imine (C=N–C) groups is 1. The van der Waals surface area contributed by atoms with E-state index in [2.05, 4.69) is 4.99 Å². The average molecular weight is 247 g/mol. The molecule has 0 saturated heterocycles. The van der Waals surface area contributed by atoms with Gasteiger partial charge >= 0.3 is 0 Å². The van der Waals surface area contributed by atoms with E-state index < -0.39 is 17.2 Å². The van der Waals surface area contributed by atoms with Crippen LogP contribution in [0.1, 0.15) is 12.5 Å². The van der Waals surface area contributed by atoms with Crippen LogP contribution in [0.25, 0.3) is 0 Å². The Labute approximate surface area is 95.9 Å². The first-order valence-corrected chi connectivity index (χ1v) is 4.93. The summed E-state index contributed by atoms with van der Waals surface area (Å²) in [4.78, 5) is 4.02. The monoisotopic (exact) mass is 246 g/mol. The van der Waals surface area contributed by atoms with Gasteiger partial charge in [-0.1, -0.05) is 11.6 Å². The lowest BCUT2D eigenvalue weighted by Crippen LogP contribution is -2.21. The van der Waals surface area contributed by atoms with Gasteiger partial charge in [-0.2, -0.15) is 0 Å². The molecule has 1 unspecified atom stereocenters. The van der Waals surface area contributed by atoms with Crippen molar-refractivity contribution in [3.05, 3.63) is 34.4 Å². The number of hydrogen-bond donors (Lipinski definition) is 1. The van der Waals surface area contributed by atoms with Crippen LogP contribution < -0.4 is 5.73 Å². The smallest absolute Gasteiger partial charge is 0.283 e. The SMILES string of the molecule is CC1(c2cc(F)c(F)cc2Cl)COC(N)=N1. The molecule has 3 nitrogen and oxygen atoms in total. The highest BCUT2D eigenvalue weighted by molar-refractivity contribution is 6.31. The minimum absolute atomic E-state index is 0.0169. The van der Waals surface area contributed by atoms with Crippen LogP contribution in [0.4, 0.5) is 8.78 Å². The summed E-state index contributed by atoms with van der Waals surface area (Å²) in [6, 6.07) is 1.95. The second-order valence-corrected chi connectivity index (χ2v) is 4.17. The molecule has 1 aliphatic heterocycles. The zero-order valence-corrected chi connectivity index (χ0v) is 9.18. The van der Waals surface area contributed by atoms with Gasteiger partial charge in [-0.3, -0.25) is 0 Å². The van der Waals surface area contributed by atoms with Crippen molar-refractivity contribution in [1.82, 2.24) is 0 Å². The van der Waals surface area contributed by atoms with Crippen LogP contribution in [0.3, 0.4) is 0 Å². The lowest BCUT2D eigenvalue weighted by molar-refractivity contribution is 0.266. The second kappa shape index (κ2) is 3.59. The number of rotatable bonds is 1. The molecule has 0 fully saturated rings. The van der Waals surface area contributed by atoms with E-state index >= 15 is 0 Å². The minimum Gasteiger partial charge on any atom is -0.462 e. The van der Waals surface area contributed by atoms with E-state index in [4.69, 9.17) is 22.1 Å². The van der Waals surface area contributed by atoms with Gasteiger partial charge < -0.3 is 10.5 Å². The van der Waals surface area contributed by atoms with Crippen molar-refractivity contribution < 1.29 is 13.5 Å². The third-order valence-electron chi connectivity index (χ3n) is 2.45. The van der Waals surface area contributed by atoms with Crippen molar-refractivity contribution in [3.8, 4) is 0 Å². The number of hydrogen-bond acceptors (Lipinski definition) is 3. The fourth-order valence-corrected chi connectivity index (χ4v) is 1.95. The van der Waals surface area contributed by atoms with Gasteiger partial charge in [0.05, 0.1) is 0 Å². The fourth-order valence-electron chi connectivity index (χ4n) is 1.60. The molecule has 1 heterocycles. The summed E-state index contributed by atoms with van der Waals surface area (Å²) in [5.74, 6) is -1.96. The summed E-state index contributed by atoms with van der Waals surface area (Å²) in [5.41, 5.74) is 4.87. The number of nitrogens with zero attached hydrogens (tertiary/aromatic N) is 1. The van der Waals surface area contributed by atoms with Gasteiger partial charge in [-0.05, 0) is 19.1 Å². The van der Waals surface area contributed by atoms with Crippen molar-refractivity contribution in [1.29, 1.82) is 0 Å². The molecule has 0 saturated carbocycles. The molecule has 2 rings (SSSR count). The van der Waals surface area contributed by atoms with Crippen molar-refractivity contribution in [3.63, 3.8) is 0 Å². The zero-order chi connectivity index (χ0) is 11.9. The van der Waals surface area contributed by atoms with Crippen LogP contribution in [-0.4, -0.2) is 12.6 Å². The second-order valence-electron chi connectivity index (χ2n) is 3.76. The minimum atomic E-state index is -0.992. The summed E-state index contributed by atoms with van der Waals surface area (Å²) in [5, 5.41) is 0.100. The average Bonchev–Trinajstić information content (AvgIpc) is 2.53. The predicted molar refractivity (Wildman–Crippen MR) is 56.3 cm³/mol. The highest BCUT2D eigenvalue weighted by Crippen LogP contribution is 2.35. The van der Waals surface area contributed by atoms with E-state index in [0.29, 0.717) is 5.56 Å². The predicted octanol–water partition coefficient (Wildman–Crippen LogP) is 2.18. The first-order chi connectivity index (χ1) is 7.42. The van der Waals surface area contributed by atoms with Gasteiger partial charge in [-0.15, -0.1) is 0 Å². The van der Waals surface area contributed by atoms with Crippen molar-refractivity contribution in [2.45, 2.75) is 12.5 Å². The van der Waals surface area contributed by atoms with Gasteiger partial charge in [-0.25, -0.2) is 13.8 Å². The van der Waals surface area contributed by atoms with E-state index in [1.165, 1.54) is 0 Å². The van der Waals surface area contributed by atoms with Crippen LogP contribution in [0, 0.1) is 11.6 Å². The molecule has 1 atom stereocenters. The molecule has 2 N–H and O–H groups in total. The van der Waals surface area contributed by atoms with E-state index in [1.807, 2.05) is 0 Å². The number of amidine groups is 1. The molecule has 1 aliphatic rings. The molecule has 0 aliphatic carbocycles. The maximum atomic E-state index is 13.1. The van der Waals surface area contributed by atoms with E-state index in [9.17, 15) is 8.78 Å². The first kappa shape index (κ1) is 11.1. The lowest BCUT2D eigenvalue weighted by atomic mass is 9.94. The number of ether oxygens (including phenoxy) is 1. The Morgan fingerprint density at radius 1 is 1.44 bits per heavy atom. The third kappa shape index (κ3) is 1.71. The molecule has 0 radical (unpaired) electrons. The summed E-state index contributed by atoms with van der Waals surface area (Å²) in [7, 11) is 0. The molecule has 0 bridgehead atoms. The van der Waals surface area contributed by atoms with E-state index in [-0.39, 0.29) is 17.7 Å². The molecule has 6 heteroatoms. The summed E-state index contributed by atoms with van der Waals surface area (Å²) in [6.45, 7) is 1.84. The van der Waals surface area contributed by atoms with Crippen LogP contribution in [0.2, 0.25) is 5.02 Å². The fraction of sp³-hybridized carbons (Fsp3) is 0.300. The number of nitrogens with two attached hydrogens (primary N) is 1. The zero-order valence-electron chi connectivity index (χ0n) is 8.43. The van der Waals surface area contributed by atoms with Crippen LogP contribution in [0.15, 0.2) is 17.1 Å². The van der Waals surface area contributed by atoms with Crippen molar-refractivity contribution in [2.24, 2.45) is 10.7 Å². The molecule has 0 spiro atoms. The Bertz CT molecular complexity index is 478. The molecular weight excluding hydrogens is 238 g/mol. The van der Waals surface area contributed by atoms with Gasteiger partial charge in [0.15, 0.2) is 11.6 Å². The molecule has 0 amide bonds. The Morgan fingerprint density at radius 3 is 2.62 bits per heavy atom. The van der Waals surface area contributed by atoms with Gasteiger partial charge in [0.25, 0.3) is 6.02 Å². The lowest BCUT2D eigenvalue weighted by Gasteiger charge is -2.20. The Morgan fingerprint density at radius 2 is 2.06 bits per heavy atom. The standard InChI is InChI=1S/C10H9ClF2N2O/c1-10(4-16-9(14)15-10)5-2-7(12)8(13)3-6(5)11/h2-3H,4H2,1H3,(H2,14,15). The molecule has 0 aromatic heterocycles. The largest absolute Gasteiger partial charge is 0.462 e. The van der Waals surface area contributed by atoms with Gasteiger partial charge in [0, 0.05) is 10.6 Å². The Kier molecular flexibility index (Phi) is 2.50. The summed E-state index contributed by atoms with van der Waals surface area (Å²) < 4.78 is 31.0. The Balaban J connectivity index is 2.53. The van der Waals surface area contributed by atoms with Crippen LogP contribution in [0.5, 0.6) is 0 Å². The van der Waals surface area contributed by atoms with Gasteiger partial charge in [0.1, 0.15) is 12.1 Å². The van der Waals surface area contributed by atoms with Crippen molar-refractivity contribution in [2.75, 3.05) is 6.61 Å². The number of benzene rings is 1. The first-order valence-electron chi connectivity index (χ1n) is 4.55. The molecule has 86 valence electrons. The summed E-state index contributed by atoms with van der Waals surface area (Å²) in [6.07, 6.45) is 0. The maximum absolute atomic E-state index is 13.1. The quantitative estimate of drug-likeness (QED) is 0.772. The Hall–Kier alpha value is -1.36. The van der Waals surface area contributed by atoms with Crippen LogP contribution >= 0.6 is 11.6 Å².